The van der Waals surface area contributed by atoms with Crippen LogP contribution in [-0.2, 0) is 11.3 Å². The Kier molecular flexibility index (Phi) is 4.54. The molecule has 2 aromatic rings. The van der Waals surface area contributed by atoms with Gasteiger partial charge in [0.2, 0.25) is 0 Å². The maximum Gasteiger partial charge on any atom is 0.335 e. The predicted octanol–water partition coefficient (Wildman–Crippen LogP) is 3.16. The summed E-state index contributed by atoms with van der Waals surface area (Å²) < 4.78 is 10.6. The van der Waals surface area contributed by atoms with Gasteiger partial charge in [0, 0.05) is 11.1 Å². The third-order valence-electron chi connectivity index (χ3n) is 3.82. The molecule has 2 aromatic carbocycles. The number of fused-ring (bicyclic) bond motifs is 1. The molecule has 6 nitrogen and oxygen atoms in total. The summed E-state index contributed by atoms with van der Waals surface area (Å²) in [5.74, 6) is -1.07. The number of phenols is 1. The molecule has 6 heteroatoms. The van der Waals surface area contributed by atoms with Crippen molar-refractivity contribution in [2.24, 2.45) is 0 Å². The van der Waals surface area contributed by atoms with Crippen LogP contribution in [0.1, 0.15) is 37.4 Å². The third-order valence-corrected chi connectivity index (χ3v) is 3.82. The summed E-state index contributed by atoms with van der Waals surface area (Å²) in [7, 11) is 0. The summed E-state index contributed by atoms with van der Waals surface area (Å²) in [6, 6.07) is 7.71. The number of carboxylic acids is 1. The number of benzene rings is 2. The highest BCUT2D eigenvalue weighted by molar-refractivity contribution is 6.08. The molecule has 25 heavy (non-hydrogen) atoms. The van der Waals surface area contributed by atoms with Gasteiger partial charge in [-0.3, -0.25) is 4.79 Å². The fraction of sp³-hybridized carbons (Fsp3) is 0.158. The van der Waals surface area contributed by atoms with Crippen molar-refractivity contribution in [1.29, 1.82) is 0 Å². The molecule has 0 saturated carbocycles. The van der Waals surface area contributed by atoms with E-state index in [9.17, 15) is 19.8 Å². The summed E-state index contributed by atoms with van der Waals surface area (Å²) in [5.41, 5.74) is 2.18. The van der Waals surface area contributed by atoms with Gasteiger partial charge in [-0.25, -0.2) is 4.79 Å². The molecule has 0 radical (unpaired) electrons. The molecular weight excluding hydrogens is 324 g/mol. The number of rotatable bonds is 4. The molecule has 0 spiro atoms. The lowest BCUT2D eigenvalue weighted by atomic mass is 10.0. The van der Waals surface area contributed by atoms with Gasteiger partial charge in [0.05, 0.1) is 17.7 Å². The zero-order valence-corrected chi connectivity index (χ0v) is 13.5. The number of aryl methyl sites for hydroxylation is 1. The number of phenolic OH excluding ortho intramolecular Hbond substituents is 1. The molecular formula is C19H16O6. The Balaban J connectivity index is 1.96. The van der Waals surface area contributed by atoms with Gasteiger partial charge in [-0.15, -0.1) is 0 Å². The number of carbonyl (C=O) groups is 2. The molecule has 3 rings (SSSR count). The Morgan fingerprint density at radius 2 is 2.00 bits per heavy atom. The second kappa shape index (κ2) is 6.78. The van der Waals surface area contributed by atoms with Gasteiger partial charge in [-0.2, -0.15) is 0 Å². The van der Waals surface area contributed by atoms with Gasteiger partial charge < -0.3 is 19.7 Å². The van der Waals surface area contributed by atoms with Crippen molar-refractivity contribution in [2.45, 2.75) is 13.5 Å². The Bertz CT molecular complexity index is 882. The molecule has 0 atom stereocenters. The highest BCUT2D eigenvalue weighted by Gasteiger charge is 2.18. The number of ether oxygens (including phenoxy) is 2. The van der Waals surface area contributed by atoms with Crippen LogP contribution in [0.2, 0.25) is 0 Å². The molecule has 0 aromatic heterocycles. The van der Waals surface area contributed by atoms with Gasteiger partial charge in [-0.05, 0) is 48.9 Å². The van der Waals surface area contributed by atoms with Gasteiger partial charge in [0.1, 0.15) is 11.5 Å². The van der Waals surface area contributed by atoms with Crippen LogP contribution in [0.25, 0.3) is 6.08 Å². The second-order valence-corrected chi connectivity index (χ2v) is 5.69. The number of aromatic carboxylic acids is 1. The molecule has 0 fully saturated rings. The van der Waals surface area contributed by atoms with Crippen LogP contribution in [0.4, 0.5) is 0 Å². The molecule has 2 N–H and O–H groups in total. The van der Waals surface area contributed by atoms with Gasteiger partial charge in [0.15, 0.2) is 12.6 Å². The first-order chi connectivity index (χ1) is 12.0. The van der Waals surface area contributed by atoms with Crippen LogP contribution >= 0.6 is 0 Å². The van der Waals surface area contributed by atoms with Gasteiger partial charge >= 0.3 is 5.97 Å². The Labute approximate surface area is 143 Å². The van der Waals surface area contributed by atoms with E-state index in [4.69, 9.17) is 9.47 Å². The van der Waals surface area contributed by atoms with Crippen molar-refractivity contribution in [1.82, 2.24) is 0 Å². The molecule has 0 amide bonds. The summed E-state index contributed by atoms with van der Waals surface area (Å²) in [5, 5.41) is 19.1. The zero-order chi connectivity index (χ0) is 18.0. The molecule has 0 aliphatic carbocycles. The lowest BCUT2D eigenvalue weighted by Gasteiger charge is -2.20. The third kappa shape index (κ3) is 3.54. The minimum atomic E-state index is -1.08. The smallest absolute Gasteiger partial charge is 0.335 e. The summed E-state index contributed by atoms with van der Waals surface area (Å²) in [4.78, 5) is 23.6. The fourth-order valence-corrected chi connectivity index (χ4v) is 2.60. The van der Waals surface area contributed by atoms with E-state index in [2.05, 4.69) is 0 Å². The minimum absolute atomic E-state index is 0.0625. The Hall–Kier alpha value is -3.12. The number of hydrogen-bond donors (Lipinski definition) is 2. The number of carbonyl (C=O) groups excluding carboxylic acids is 1. The van der Waals surface area contributed by atoms with E-state index in [-0.39, 0.29) is 36.1 Å². The Morgan fingerprint density at radius 1 is 1.20 bits per heavy atom. The molecule has 128 valence electrons. The van der Waals surface area contributed by atoms with E-state index < -0.39 is 5.97 Å². The van der Waals surface area contributed by atoms with E-state index in [1.165, 1.54) is 30.4 Å². The lowest BCUT2D eigenvalue weighted by molar-refractivity contribution is -0.0165. The second-order valence-electron chi connectivity index (χ2n) is 5.69. The average molecular weight is 340 g/mol. The van der Waals surface area contributed by atoms with Crippen molar-refractivity contribution < 1.29 is 29.3 Å². The molecule has 1 aliphatic rings. The predicted molar refractivity (Wildman–Crippen MR) is 89.9 cm³/mol. The zero-order valence-electron chi connectivity index (χ0n) is 13.5. The number of aromatic hydroxyl groups is 1. The van der Waals surface area contributed by atoms with Crippen LogP contribution in [0.3, 0.4) is 0 Å². The van der Waals surface area contributed by atoms with Crippen molar-refractivity contribution >= 4 is 17.8 Å². The first-order valence-electron chi connectivity index (χ1n) is 7.58. The Morgan fingerprint density at radius 3 is 2.72 bits per heavy atom. The highest BCUT2D eigenvalue weighted by atomic mass is 16.7. The van der Waals surface area contributed by atoms with Gasteiger partial charge in [0.25, 0.3) is 0 Å². The van der Waals surface area contributed by atoms with Crippen LogP contribution in [0.5, 0.6) is 11.5 Å². The van der Waals surface area contributed by atoms with Crippen molar-refractivity contribution in [3.8, 4) is 11.5 Å². The van der Waals surface area contributed by atoms with E-state index in [1.54, 1.807) is 12.1 Å². The first-order valence-corrected chi connectivity index (χ1v) is 7.58. The van der Waals surface area contributed by atoms with Crippen LogP contribution < -0.4 is 4.74 Å². The van der Waals surface area contributed by atoms with E-state index in [0.717, 1.165) is 5.56 Å². The molecule has 0 bridgehead atoms. The monoisotopic (exact) mass is 340 g/mol. The minimum Gasteiger partial charge on any atom is -0.507 e. The van der Waals surface area contributed by atoms with Crippen molar-refractivity contribution in [3.63, 3.8) is 0 Å². The standard InChI is InChI=1S/C19H16O6/c1-11-2-4-15(17(21)6-11)16(20)5-3-12-7-13(19(22)23)8-14-9-24-10-25-18(12)14/h2-8,21H,9-10H2,1H3,(H,22,23). The number of carboxylic acid groups (broad SMARTS) is 1. The quantitative estimate of drug-likeness (QED) is 0.656. The molecule has 1 heterocycles. The topological polar surface area (TPSA) is 93.1 Å². The fourth-order valence-electron chi connectivity index (χ4n) is 2.60. The van der Waals surface area contributed by atoms with E-state index in [1.807, 2.05) is 6.92 Å². The van der Waals surface area contributed by atoms with E-state index >= 15 is 0 Å². The lowest BCUT2D eigenvalue weighted by Crippen LogP contribution is -2.13. The maximum atomic E-state index is 12.3. The summed E-state index contributed by atoms with van der Waals surface area (Å²) in [6.07, 6.45) is 2.77. The number of ketones is 1. The average Bonchev–Trinajstić information content (AvgIpc) is 2.59. The normalized spacial score (nSPS) is 13.3. The molecule has 1 aliphatic heterocycles. The maximum absolute atomic E-state index is 12.3. The van der Waals surface area contributed by atoms with Crippen LogP contribution in [0.15, 0.2) is 36.4 Å². The van der Waals surface area contributed by atoms with Crippen molar-refractivity contribution in [2.75, 3.05) is 6.79 Å². The highest BCUT2D eigenvalue weighted by Crippen LogP contribution is 2.31. The molecule has 0 saturated heterocycles. The van der Waals surface area contributed by atoms with Crippen LogP contribution in [0, 0.1) is 6.92 Å². The molecule has 0 unspecified atom stereocenters. The number of hydrogen-bond acceptors (Lipinski definition) is 5. The van der Waals surface area contributed by atoms with Gasteiger partial charge in [-0.1, -0.05) is 6.07 Å². The number of allylic oxidation sites excluding steroid dienone is 1. The summed E-state index contributed by atoms with van der Waals surface area (Å²) >= 11 is 0. The summed E-state index contributed by atoms with van der Waals surface area (Å²) in [6.45, 7) is 2.11. The SMILES string of the molecule is Cc1ccc(C(=O)C=Cc2cc(C(=O)O)cc3c2OCOC3)c(O)c1. The van der Waals surface area contributed by atoms with E-state index in [0.29, 0.717) is 16.9 Å². The first kappa shape index (κ1) is 16.7. The largest absolute Gasteiger partial charge is 0.507 e. The van der Waals surface area contributed by atoms with Crippen LogP contribution in [-0.4, -0.2) is 28.8 Å². The van der Waals surface area contributed by atoms with Crippen molar-refractivity contribution in [3.05, 3.63) is 64.2 Å².